The molecule has 4 nitrogen and oxygen atoms in total. The number of hydroxylamine groups is 2. The summed E-state index contributed by atoms with van der Waals surface area (Å²) in [5, 5.41) is 2.15. The van der Waals surface area contributed by atoms with Crippen LogP contribution in [0.3, 0.4) is 0 Å². The number of carbonyl (C=O) groups excluding carboxylic acids is 1. The maximum atomic E-state index is 12.4. The summed E-state index contributed by atoms with van der Waals surface area (Å²) in [4.78, 5) is 18.7. The van der Waals surface area contributed by atoms with E-state index in [1.54, 1.807) is 12.1 Å². The van der Waals surface area contributed by atoms with E-state index in [2.05, 4.69) is 39.7 Å². The van der Waals surface area contributed by atoms with E-state index in [-0.39, 0.29) is 23.2 Å². The maximum Gasteiger partial charge on any atom is 0.338 e. The van der Waals surface area contributed by atoms with Crippen molar-refractivity contribution in [2.45, 2.75) is 96.7 Å². The Labute approximate surface area is 165 Å². The van der Waals surface area contributed by atoms with Crippen LogP contribution in [0.1, 0.15) is 89.9 Å². The summed E-state index contributed by atoms with van der Waals surface area (Å²) < 4.78 is 5.85. The molecule has 0 aromatic heterocycles. The fourth-order valence-electron chi connectivity index (χ4n) is 4.26. The zero-order chi connectivity index (χ0) is 19.9. The van der Waals surface area contributed by atoms with Crippen LogP contribution in [-0.2, 0) is 9.57 Å². The number of esters is 1. The Hall–Kier alpha value is -1.39. The van der Waals surface area contributed by atoms with Gasteiger partial charge >= 0.3 is 5.97 Å². The molecule has 0 N–H and O–H groups in total. The minimum absolute atomic E-state index is 0.105. The normalized spacial score (nSPS) is 19.7. The second-order valence-corrected chi connectivity index (χ2v) is 8.97. The Morgan fingerprint density at radius 2 is 1.59 bits per heavy atom. The zero-order valence-corrected chi connectivity index (χ0v) is 17.8. The molecule has 0 amide bonds. The first-order chi connectivity index (χ1) is 12.8. The molecule has 1 aliphatic heterocycles. The molecule has 152 valence electrons. The molecule has 0 radical (unpaired) electrons. The van der Waals surface area contributed by atoms with Gasteiger partial charge in [-0.2, -0.15) is 5.06 Å². The predicted molar refractivity (Wildman–Crippen MR) is 110 cm³/mol. The third-order valence-electron chi connectivity index (χ3n) is 5.31. The van der Waals surface area contributed by atoms with Gasteiger partial charge in [0.2, 0.25) is 0 Å². The van der Waals surface area contributed by atoms with E-state index in [1.165, 1.54) is 25.7 Å². The number of nitrogens with zero attached hydrogens (tertiary/aromatic N) is 1. The first-order valence-electron chi connectivity index (χ1n) is 10.5. The number of hydrogen-bond donors (Lipinski definition) is 0. The molecule has 0 unspecified atom stereocenters. The quantitative estimate of drug-likeness (QED) is 0.406. The van der Waals surface area contributed by atoms with Crippen molar-refractivity contribution >= 4 is 5.97 Å². The number of benzene rings is 1. The van der Waals surface area contributed by atoms with Gasteiger partial charge in [0.05, 0.1) is 12.2 Å². The smallest absolute Gasteiger partial charge is 0.338 e. The Bertz CT molecular complexity index is 565. The van der Waals surface area contributed by atoms with Gasteiger partial charge in [-0.15, -0.1) is 0 Å². The molecule has 2 rings (SSSR count). The number of unbranched alkanes of at least 4 members (excludes halogenated alkanes) is 4. The lowest BCUT2D eigenvalue weighted by molar-refractivity contribution is -0.292. The molecule has 1 heterocycles. The van der Waals surface area contributed by atoms with Crippen molar-refractivity contribution in [3.8, 4) is 0 Å². The number of rotatable bonds is 9. The van der Waals surface area contributed by atoms with Crippen LogP contribution >= 0.6 is 0 Å². The van der Waals surface area contributed by atoms with Crippen molar-refractivity contribution in [2.75, 3.05) is 6.61 Å². The molecular formula is C23H37NO3. The molecule has 1 fully saturated rings. The van der Waals surface area contributed by atoms with Crippen molar-refractivity contribution < 1.29 is 14.4 Å². The zero-order valence-electron chi connectivity index (χ0n) is 17.8. The molecule has 4 heteroatoms. The molecule has 1 aromatic rings. The molecule has 0 spiro atoms. The molecule has 0 aliphatic carbocycles. The van der Waals surface area contributed by atoms with E-state index in [9.17, 15) is 4.79 Å². The number of piperidine rings is 1. The van der Waals surface area contributed by atoms with E-state index in [0.717, 1.165) is 25.9 Å². The highest BCUT2D eigenvalue weighted by molar-refractivity contribution is 5.89. The van der Waals surface area contributed by atoms with Gasteiger partial charge in [0.15, 0.2) is 0 Å². The number of hydrogen-bond acceptors (Lipinski definition) is 4. The average molecular weight is 376 g/mol. The van der Waals surface area contributed by atoms with Gasteiger partial charge in [-0.1, -0.05) is 50.8 Å². The van der Waals surface area contributed by atoms with Gasteiger partial charge < -0.3 is 4.74 Å². The molecule has 1 saturated heterocycles. The Morgan fingerprint density at radius 3 is 2.19 bits per heavy atom. The van der Waals surface area contributed by atoms with Crippen LogP contribution in [0.2, 0.25) is 0 Å². The second-order valence-electron chi connectivity index (χ2n) is 8.97. The summed E-state index contributed by atoms with van der Waals surface area (Å²) in [6.07, 6.45) is 7.59. The lowest BCUT2D eigenvalue weighted by atomic mass is 9.80. The summed E-state index contributed by atoms with van der Waals surface area (Å²) in [5.74, 6) is -0.238. The first-order valence-corrected chi connectivity index (χ1v) is 10.5. The number of ether oxygens (including phenoxy) is 1. The third kappa shape index (κ3) is 6.32. The van der Waals surface area contributed by atoms with Crippen LogP contribution in [0.4, 0.5) is 0 Å². The molecule has 27 heavy (non-hydrogen) atoms. The van der Waals surface area contributed by atoms with Crippen molar-refractivity contribution in [2.24, 2.45) is 0 Å². The van der Waals surface area contributed by atoms with Crippen LogP contribution < -0.4 is 0 Å². The maximum absolute atomic E-state index is 12.4. The van der Waals surface area contributed by atoms with Crippen LogP contribution in [0.15, 0.2) is 30.3 Å². The van der Waals surface area contributed by atoms with Crippen LogP contribution in [0.25, 0.3) is 0 Å². The van der Waals surface area contributed by atoms with Crippen LogP contribution in [0, 0.1) is 0 Å². The monoisotopic (exact) mass is 375 g/mol. The Morgan fingerprint density at radius 1 is 1.00 bits per heavy atom. The van der Waals surface area contributed by atoms with Gasteiger partial charge in [0, 0.05) is 23.9 Å². The second kappa shape index (κ2) is 9.70. The van der Waals surface area contributed by atoms with Gasteiger partial charge in [-0.3, -0.25) is 4.84 Å². The summed E-state index contributed by atoms with van der Waals surface area (Å²) in [6.45, 7) is 11.7. The van der Waals surface area contributed by atoms with E-state index in [0.29, 0.717) is 5.56 Å². The van der Waals surface area contributed by atoms with Gasteiger partial charge in [0.1, 0.15) is 6.10 Å². The molecular weight excluding hydrogens is 338 g/mol. The summed E-state index contributed by atoms with van der Waals surface area (Å²) in [6, 6.07) is 9.23. The van der Waals surface area contributed by atoms with Crippen molar-refractivity contribution in [3.05, 3.63) is 35.9 Å². The SMILES string of the molecule is CCCCCCCON1C(C)(C)CC(OC(=O)c2ccccc2)CC1(C)C. The Kier molecular flexibility index (Phi) is 7.87. The molecule has 0 atom stereocenters. The topological polar surface area (TPSA) is 38.8 Å². The molecule has 0 saturated carbocycles. The summed E-state index contributed by atoms with van der Waals surface area (Å²) in [5.41, 5.74) is 0.235. The third-order valence-corrected chi connectivity index (χ3v) is 5.31. The van der Waals surface area contributed by atoms with Crippen molar-refractivity contribution in [1.82, 2.24) is 5.06 Å². The predicted octanol–water partition coefficient (Wildman–Crippen LogP) is 5.77. The lowest BCUT2D eigenvalue weighted by Crippen LogP contribution is -2.62. The van der Waals surface area contributed by atoms with E-state index < -0.39 is 0 Å². The van der Waals surface area contributed by atoms with E-state index >= 15 is 0 Å². The summed E-state index contributed by atoms with van der Waals surface area (Å²) >= 11 is 0. The number of carbonyl (C=O) groups is 1. The molecule has 1 aliphatic rings. The minimum atomic E-state index is -0.238. The highest BCUT2D eigenvalue weighted by Crippen LogP contribution is 2.40. The average Bonchev–Trinajstić information content (AvgIpc) is 2.59. The van der Waals surface area contributed by atoms with Gasteiger partial charge in [0.25, 0.3) is 0 Å². The van der Waals surface area contributed by atoms with Crippen molar-refractivity contribution in [1.29, 1.82) is 0 Å². The van der Waals surface area contributed by atoms with Crippen LogP contribution in [0.5, 0.6) is 0 Å². The van der Waals surface area contributed by atoms with Crippen molar-refractivity contribution in [3.63, 3.8) is 0 Å². The highest BCUT2D eigenvalue weighted by Gasteiger charge is 2.47. The Balaban J connectivity index is 1.91. The van der Waals surface area contributed by atoms with Gasteiger partial charge in [-0.05, 0) is 46.2 Å². The standard InChI is InChI=1S/C23H37NO3/c1-6-7-8-9-13-16-26-24-22(2,3)17-20(18-23(24,4)5)27-21(25)19-14-11-10-12-15-19/h10-12,14-15,20H,6-9,13,16-18H2,1-5H3. The first kappa shape index (κ1) is 21.9. The van der Waals surface area contributed by atoms with E-state index in [1.807, 2.05) is 18.2 Å². The van der Waals surface area contributed by atoms with Gasteiger partial charge in [-0.25, -0.2) is 4.79 Å². The fraction of sp³-hybridized carbons (Fsp3) is 0.696. The largest absolute Gasteiger partial charge is 0.459 e. The lowest BCUT2D eigenvalue weighted by Gasteiger charge is -2.53. The minimum Gasteiger partial charge on any atom is -0.459 e. The summed E-state index contributed by atoms with van der Waals surface area (Å²) in [7, 11) is 0. The molecule has 0 bridgehead atoms. The van der Waals surface area contributed by atoms with Crippen LogP contribution in [-0.4, -0.2) is 34.8 Å². The van der Waals surface area contributed by atoms with E-state index in [4.69, 9.17) is 9.57 Å². The fourth-order valence-corrected chi connectivity index (χ4v) is 4.26. The highest BCUT2D eigenvalue weighted by atomic mass is 16.7. The molecule has 1 aromatic carbocycles.